The van der Waals surface area contributed by atoms with E-state index >= 15 is 0 Å². The maximum Gasteiger partial charge on any atom is 0.327 e. The average Bonchev–Trinajstić information content (AvgIpc) is 2.39. The number of amidine groups is 1. The van der Waals surface area contributed by atoms with E-state index < -0.39 is 7.60 Å². The van der Waals surface area contributed by atoms with Crippen LogP contribution in [0.4, 0.5) is 0 Å². The smallest absolute Gasteiger partial charge is 0.327 e. The minimum atomic E-state index is -2.80. The third-order valence-electron chi connectivity index (χ3n) is 2.62. The fraction of sp³-hybridized carbons (Fsp3) is 0.917. The second-order valence-corrected chi connectivity index (χ2v) is 7.01. The predicted octanol–water partition coefficient (Wildman–Crippen LogP) is 3.10. The molecule has 1 atom stereocenters. The Kier molecular flexibility index (Phi) is 11.7. The van der Waals surface area contributed by atoms with Gasteiger partial charge < -0.3 is 14.8 Å². The van der Waals surface area contributed by atoms with Gasteiger partial charge in [-0.2, -0.15) is 12.6 Å². The third kappa shape index (κ3) is 12.7. The first-order valence-electron chi connectivity index (χ1n) is 6.69. The molecule has 0 bridgehead atoms. The quantitative estimate of drug-likeness (QED) is 0.191. The van der Waals surface area contributed by atoms with Gasteiger partial charge in [0, 0.05) is 26.7 Å². The van der Waals surface area contributed by atoms with E-state index in [9.17, 15) is 4.57 Å². The van der Waals surface area contributed by atoms with Crippen LogP contribution < -0.4 is 5.73 Å². The molecule has 7 heteroatoms. The molecule has 0 fully saturated rings. The molecule has 0 saturated heterocycles. The van der Waals surface area contributed by atoms with Crippen molar-refractivity contribution in [1.29, 1.82) is 0 Å². The zero-order valence-electron chi connectivity index (χ0n) is 12.0. The molecule has 114 valence electrons. The molecule has 0 spiro atoms. The van der Waals surface area contributed by atoms with Gasteiger partial charge >= 0.3 is 7.60 Å². The Hall–Kier alpha value is -0.0300. The summed E-state index contributed by atoms with van der Waals surface area (Å²) < 4.78 is 21.3. The van der Waals surface area contributed by atoms with Crippen molar-refractivity contribution in [3.05, 3.63) is 0 Å². The van der Waals surface area contributed by atoms with E-state index in [1.54, 1.807) is 0 Å². The molecule has 0 aliphatic heterocycles. The zero-order valence-corrected chi connectivity index (χ0v) is 13.8. The van der Waals surface area contributed by atoms with E-state index in [0.29, 0.717) is 6.61 Å². The molecule has 0 aromatic carbocycles. The van der Waals surface area contributed by atoms with Crippen LogP contribution in [0.3, 0.4) is 0 Å². The van der Waals surface area contributed by atoms with Crippen LogP contribution in [-0.4, -0.2) is 38.5 Å². The number of rotatable bonds is 12. The lowest BCUT2D eigenvalue weighted by Crippen LogP contribution is -2.12. The molecule has 0 aliphatic carbocycles. The molecule has 0 radical (unpaired) electrons. The molecular formula is C12H27N2O3PS. The van der Waals surface area contributed by atoms with E-state index in [1.807, 2.05) is 0 Å². The molecule has 0 aromatic heterocycles. The van der Waals surface area contributed by atoms with Crippen molar-refractivity contribution in [2.45, 2.75) is 38.5 Å². The molecule has 0 aliphatic rings. The van der Waals surface area contributed by atoms with Crippen LogP contribution in [0.25, 0.3) is 0 Å². The largest absolute Gasteiger partial charge is 0.387 e. The fourth-order valence-corrected chi connectivity index (χ4v) is 2.14. The standard InChI is InChI=1S/C12H27N2O3PS/c1-16-18(2,15)17-10-6-4-3-5-9-14-12(13)8-7-11-19/h19H,3-11H2,1-2H3,(H2,13,14). The number of nitrogens with zero attached hydrogens (tertiary/aromatic N) is 1. The van der Waals surface area contributed by atoms with Crippen LogP contribution in [0.2, 0.25) is 0 Å². The summed E-state index contributed by atoms with van der Waals surface area (Å²) in [5.41, 5.74) is 5.74. The van der Waals surface area contributed by atoms with Crippen LogP contribution in [0.1, 0.15) is 38.5 Å². The highest BCUT2D eigenvalue weighted by Crippen LogP contribution is 2.42. The molecule has 1 unspecified atom stereocenters. The highest BCUT2D eigenvalue weighted by Gasteiger charge is 2.12. The fourth-order valence-electron chi connectivity index (χ4n) is 1.41. The van der Waals surface area contributed by atoms with E-state index in [4.69, 9.17) is 14.8 Å². The predicted molar refractivity (Wildman–Crippen MR) is 84.5 cm³/mol. The summed E-state index contributed by atoms with van der Waals surface area (Å²) >= 11 is 4.13. The van der Waals surface area contributed by atoms with Gasteiger partial charge in [-0.15, -0.1) is 0 Å². The Labute approximate surface area is 122 Å². The lowest BCUT2D eigenvalue weighted by atomic mass is 10.2. The SMILES string of the molecule is COP(C)(=O)OCCCCCCN=C(N)CCCS. The van der Waals surface area contributed by atoms with Crippen molar-refractivity contribution in [3.63, 3.8) is 0 Å². The number of unbranched alkanes of at least 4 members (excludes halogenated alkanes) is 3. The highest BCUT2D eigenvalue weighted by atomic mass is 32.1. The van der Waals surface area contributed by atoms with Gasteiger partial charge in [0.1, 0.15) is 0 Å². The monoisotopic (exact) mass is 310 g/mol. The number of hydrogen-bond donors (Lipinski definition) is 2. The lowest BCUT2D eigenvalue weighted by Gasteiger charge is -2.10. The summed E-state index contributed by atoms with van der Waals surface area (Å²) in [4.78, 5) is 4.30. The summed E-state index contributed by atoms with van der Waals surface area (Å²) in [5, 5.41) is 0. The molecule has 5 nitrogen and oxygen atoms in total. The molecule has 19 heavy (non-hydrogen) atoms. The molecule has 2 N–H and O–H groups in total. The first-order valence-corrected chi connectivity index (χ1v) is 9.31. The Bertz CT molecular complexity index is 301. The number of aliphatic imine (C=N–C) groups is 1. The van der Waals surface area contributed by atoms with Crippen molar-refractivity contribution in [3.8, 4) is 0 Å². The van der Waals surface area contributed by atoms with Crippen LogP contribution >= 0.6 is 20.2 Å². The summed E-state index contributed by atoms with van der Waals surface area (Å²) in [6.45, 7) is 2.74. The first-order chi connectivity index (χ1) is 9.02. The van der Waals surface area contributed by atoms with E-state index in [-0.39, 0.29) is 0 Å². The normalized spacial score (nSPS) is 15.4. The zero-order chi connectivity index (χ0) is 14.6. The molecular weight excluding hydrogens is 283 g/mol. The van der Waals surface area contributed by atoms with Gasteiger partial charge in [0.2, 0.25) is 0 Å². The Morgan fingerprint density at radius 3 is 2.58 bits per heavy atom. The molecule has 0 aromatic rings. The van der Waals surface area contributed by atoms with Crippen molar-refractivity contribution in [2.75, 3.05) is 32.7 Å². The molecule has 0 heterocycles. The summed E-state index contributed by atoms with van der Waals surface area (Å²) in [7, 11) is -1.40. The van der Waals surface area contributed by atoms with Gasteiger partial charge in [0.15, 0.2) is 0 Å². The second-order valence-electron chi connectivity index (χ2n) is 4.40. The minimum Gasteiger partial charge on any atom is -0.387 e. The van der Waals surface area contributed by atoms with Crippen molar-refractivity contribution >= 4 is 26.1 Å². The Morgan fingerprint density at radius 2 is 1.95 bits per heavy atom. The van der Waals surface area contributed by atoms with E-state index in [2.05, 4.69) is 17.6 Å². The Morgan fingerprint density at radius 1 is 1.26 bits per heavy atom. The molecule has 0 saturated carbocycles. The summed E-state index contributed by atoms with van der Waals surface area (Å²) in [5.74, 6) is 1.57. The van der Waals surface area contributed by atoms with Crippen LogP contribution in [0.5, 0.6) is 0 Å². The lowest BCUT2D eigenvalue weighted by molar-refractivity contribution is 0.233. The van der Waals surface area contributed by atoms with Gasteiger partial charge in [0.25, 0.3) is 0 Å². The average molecular weight is 310 g/mol. The number of thiol groups is 1. The third-order valence-corrected chi connectivity index (χ3v) is 4.25. The van der Waals surface area contributed by atoms with Crippen molar-refractivity contribution < 1.29 is 13.6 Å². The summed E-state index contributed by atoms with van der Waals surface area (Å²) in [6.07, 6.45) is 5.84. The van der Waals surface area contributed by atoms with Crippen LogP contribution in [-0.2, 0) is 13.6 Å². The van der Waals surface area contributed by atoms with Gasteiger partial charge in [-0.1, -0.05) is 12.8 Å². The number of nitrogens with two attached hydrogens (primary N) is 1. The van der Waals surface area contributed by atoms with Crippen molar-refractivity contribution in [2.24, 2.45) is 10.7 Å². The van der Waals surface area contributed by atoms with Crippen LogP contribution in [0.15, 0.2) is 4.99 Å². The Balaban J connectivity index is 3.39. The first kappa shape index (κ1) is 19.0. The van der Waals surface area contributed by atoms with Crippen molar-refractivity contribution in [1.82, 2.24) is 0 Å². The van der Waals surface area contributed by atoms with Gasteiger partial charge in [-0.3, -0.25) is 9.56 Å². The second kappa shape index (κ2) is 11.8. The van der Waals surface area contributed by atoms with Gasteiger partial charge in [-0.05, 0) is 25.0 Å². The van der Waals surface area contributed by atoms with Crippen LogP contribution in [0, 0.1) is 0 Å². The molecule has 0 rings (SSSR count). The van der Waals surface area contributed by atoms with E-state index in [0.717, 1.165) is 56.7 Å². The highest BCUT2D eigenvalue weighted by molar-refractivity contribution is 7.80. The van der Waals surface area contributed by atoms with Gasteiger partial charge in [-0.25, -0.2) is 0 Å². The van der Waals surface area contributed by atoms with Gasteiger partial charge in [0.05, 0.1) is 12.4 Å². The topological polar surface area (TPSA) is 73.9 Å². The number of hydrogen-bond acceptors (Lipinski definition) is 5. The molecule has 0 amide bonds. The maximum atomic E-state index is 11.4. The minimum absolute atomic E-state index is 0.481. The van der Waals surface area contributed by atoms with E-state index in [1.165, 1.54) is 13.8 Å². The maximum absolute atomic E-state index is 11.4. The summed E-state index contributed by atoms with van der Waals surface area (Å²) in [6, 6.07) is 0.